The molecule has 0 N–H and O–H groups in total. The molecule has 16 heavy (non-hydrogen) atoms. The lowest BCUT2D eigenvalue weighted by molar-refractivity contribution is 0.112. The fourth-order valence-electron chi connectivity index (χ4n) is 1.89. The summed E-state index contributed by atoms with van der Waals surface area (Å²) < 4.78 is 22.8. The zero-order valence-electron chi connectivity index (χ0n) is 8.92. The molecule has 0 aliphatic carbocycles. The number of sulfone groups is 1. The van der Waals surface area contributed by atoms with Crippen LogP contribution in [0.4, 0.5) is 5.00 Å². The molecular weight excluding hydrogens is 246 g/mol. The Labute approximate surface area is 98.8 Å². The van der Waals surface area contributed by atoms with Crippen molar-refractivity contribution in [3.8, 4) is 0 Å². The second-order valence-electron chi connectivity index (χ2n) is 3.95. The number of hydrogen-bond acceptors (Lipinski definition) is 5. The lowest BCUT2D eigenvalue weighted by Gasteiger charge is -2.33. The van der Waals surface area contributed by atoms with E-state index in [9.17, 15) is 13.2 Å². The van der Waals surface area contributed by atoms with Gasteiger partial charge in [0.25, 0.3) is 0 Å². The molecule has 2 heterocycles. The van der Waals surface area contributed by atoms with Crippen molar-refractivity contribution in [2.24, 2.45) is 0 Å². The first kappa shape index (κ1) is 11.6. The van der Waals surface area contributed by atoms with Crippen LogP contribution in [0.5, 0.6) is 0 Å². The highest BCUT2D eigenvalue weighted by Crippen LogP contribution is 2.28. The van der Waals surface area contributed by atoms with Gasteiger partial charge in [-0.2, -0.15) is 0 Å². The Morgan fingerprint density at radius 1 is 1.50 bits per heavy atom. The molecule has 0 radical (unpaired) electrons. The van der Waals surface area contributed by atoms with Gasteiger partial charge in [0.2, 0.25) is 0 Å². The molecule has 1 fully saturated rings. The summed E-state index contributed by atoms with van der Waals surface area (Å²) in [6, 6.07) is 3.63. The fraction of sp³-hybridized carbons (Fsp3) is 0.500. The molecule has 1 aromatic heterocycles. The topological polar surface area (TPSA) is 54.5 Å². The van der Waals surface area contributed by atoms with Crippen LogP contribution in [0.15, 0.2) is 12.1 Å². The van der Waals surface area contributed by atoms with Crippen molar-refractivity contribution in [2.75, 3.05) is 23.0 Å². The summed E-state index contributed by atoms with van der Waals surface area (Å²) in [6.07, 6.45) is 0.819. The van der Waals surface area contributed by atoms with Crippen LogP contribution < -0.4 is 4.90 Å². The summed E-state index contributed by atoms with van der Waals surface area (Å²) in [4.78, 5) is 13.3. The zero-order chi connectivity index (χ0) is 11.8. The van der Waals surface area contributed by atoms with Gasteiger partial charge in [0.05, 0.1) is 21.4 Å². The van der Waals surface area contributed by atoms with Crippen LogP contribution in [0.3, 0.4) is 0 Å². The molecule has 88 valence electrons. The van der Waals surface area contributed by atoms with Crippen LogP contribution in [0.25, 0.3) is 0 Å². The van der Waals surface area contributed by atoms with E-state index in [-0.39, 0.29) is 17.5 Å². The summed E-state index contributed by atoms with van der Waals surface area (Å²) in [5.41, 5.74) is 0. The Balaban J connectivity index is 2.20. The summed E-state index contributed by atoms with van der Waals surface area (Å²) in [5.74, 6) is 0.396. The SMILES string of the molecule is CC1CS(=O)(=O)CCN1c1ccc(C=O)s1. The third kappa shape index (κ3) is 2.27. The highest BCUT2D eigenvalue weighted by Gasteiger charge is 2.28. The van der Waals surface area contributed by atoms with Gasteiger partial charge >= 0.3 is 0 Å². The van der Waals surface area contributed by atoms with Gasteiger partial charge in [-0.3, -0.25) is 4.79 Å². The van der Waals surface area contributed by atoms with Crippen molar-refractivity contribution < 1.29 is 13.2 Å². The van der Waals surface area contributed by atoms with Crippen molar-refractivity contribution in [2.45, 2.75) is 13.0 Å². The van der Waals surface area contributed by atoms with Crippen molar-refractivity contribution in [3.05, 3.63) is 17.0 Å². The number of aldehydes is 1. The minimum atomic E-state index is -2.88. The average molecular weight is 259 g/mol. The molecule has 0 spiro atoms. The molecule has 2 rings (SSSR count). The third-order valence-corrected chi connectivity index (χ3v) is 5.52. The van der Waals surface area contributed by atoms with Gasteiger partial charge < -0.3 is 4.90 Å². The van der Waals surface area contributed by atoms with Crippen LogP contribution in [-0.4, -0.2) is 38.8 Å². The molecule has 1 unspecified atom stereocenters. The molecule has 1 saturated heterocycles. The quantitative estimate of drug-likeness (QED) is 0.749. The van der Waals surface area contributed by atoms with Crippen molar-refractivity contribution >= 4 is 32.5 Å². The maximum atomic E-state index is 11.4. The zero-order valence-corrected chi connectivity index (χ0v) is 10.6. The van der Waals surface area contributed by atoms with E-state index in [1.54, 1.807) is 6.07 Å². The standard InChI is InChI=1S/C10H13NO3S2/c1-8-7-16(13,14)5-4-11(8)10-3-2-9(6-12)15-10/h2-3,6,8H,4-5,7H2,1H3. The molecular formula is C10H13NO3S2. The molecule has 0 aromatic carbocycles. The fourth-order valence-corrected chi connectivity index (χ4v) is 4.39. The van der Waals surface area contributed by atoms with Gasteiger partial charge in [-0.15, -0.1) is 11.3 Å². The molecule has 1 aromatic rings. The number of hydrogen-bond donors (Lipinski definition) is 0. The van der Waals surface area contributed by atoms with Crippen LogP contribution in [0.1, 0.15) is 16.6 Å². The van der Waals surface area contributed by atoms with Crippen LogP contribution in [0.2, 0.25) is 0 Å². The molecule has 4 nitrogen and oxygen atoms in total. The van der Waals surface area contributed by atoms with E-state index < -0.39 is 9.84 Å². The number of anilines is 1. The highest BCUT2D eigenvalue weighted by molar-refractivity contribution is 7.91. The van der Waals surface area contributed by atoms with Gasteiger partial charge in [-0.05, 0) is 19.1 Å². The Morgan fingerprint density at radius 3 is 2.81 bits per heavy atom. The molecule has 0 bridgehead atoms. The predicted molar refractivity (Wildman–Crippen MR) is 65.2 cm³/mol. The third-order valence-electron chi connectivity index (χ3n) is 2.68. The maximum Gasteiger partial charge on any atom is 0.160 e. The summed E-state index contributed by atoms with van der Waals surface area (Å²) in [6.45, 7) is 2.42. The second kappa shape index (κ2) is 4.18. The monoisotopic (exact) mass is 259 g/mol. The van der Waals surface area contributed by atoms with Crippen molar-refractivity contribution in [1.82, 2.24) is 0 Å². The normalized spacial score (nSPS) is 24.3. The lowest BCUT2D eigenvalue weighted by atomic mass is 10.3. The maximum absolute atomic E-state index is 11.4. The Morgan fingerprint density at radius 2 is 2.25 bits per heavy atom. The average Bonchev–Trinajstić information content (AvgIpc) is 2.64. The van der Waals surface area contributed by atoms with Gasteiger partial charge in [0.1, 0.15) is 0 Å². The van der Waals surface area contributed by atoms with E-state index in [1.807, 2.05) is 13.0 Å². The van der Waals surface area contributed by atoms with E-state index in [1.165, 1.54) is 11.3 Å². The number of carbonyl (C=O) groups excluding carboxylic acids is 1. The van der Waals surface area contributed by atoms with E-state index in [4.69, 9.17) is 0 Å². The van der Waals surface area contributed by atoms with E-state index in [0.29, 0.717) is 11.4 Å². The largest absolute Gasteiger partial charge is 0.359 e. The first-order valence-electron chi connectivity index (χ1n) is 5.04. The highest BCUT2D eigenvalue weighted by atomic mass is 32.2. The molecule has 0 amide bonds. The number of rotatable bonds is 2. The lowest BCUT2D eigenvalue weighted by Crippen LogP contribution is -2.46. The van der Waals surface area contributed by atoms with Crippen LogP contribution >= 0.6 is 11.3 Å². The molecule has 1 aliphatic rings. The van der Waals surface area contributed by atoms with Crippen LogP contribution in [-0.2, 0) is 9.84 Å². The van der Waals surface area contributed by atoms with E-state index >= 15 is 0 Å². The second-order valence-corrected chi connectivity index (χ2v) is 7.27. The van der Waals surface area contributed by atoms with Gasteiger partial charge in [-0.1, -0.05) is 0 Å². The Hall–Kier alpha value is -0.880. The molecule has 6 heteroatoms. The summed E-state index contributed by atoms with van der Waals surface area (Å²) >= 11 is 1.41. The first-order chi connectivity index (χ1) is 7.52. The minimum Gasteiger partial charge on any atom is -0.359 e. The summed E-state index contributed by atoms with van der Waals surface area (Å²) in [5, 5.41) is 0.976. The number of nitrogens with zero attached hydrogens (tertiary/aromatic N) is 1. The van der Waals surface area contributed by atoms with Gasteiger partial charge in [0.15, 0.2) is 16.1 Å². The Bertz CT molecular complexity index is 492. The summed E-state index contributed by atoms with van der Waals surface area (Å²) in [7, 11) is -2.88. The Kier molecular flexibility index (Phi) is 3.03. The smallest absolute Gasteiger partial charge is 0.160 e. The van der Waals surface area contributed by atoms with Gasteiger partial charge in [-0.25, -0.2) is 8.42 Å². The van der Waals surface area contributed by atoms with E-state index in [2.05, 4.69) is 4.90 Å². The van der Waals surface area contributed by atoms with E-state index in [0.717, 1.165) is 11.3 Å². The molecule has 1 aliphatic heterocycles. The van der Waals surface area contributed by atoms with Crippen molar-refractivity contribution in [1.29, 1.82) is 0 Å². The first-order valence-corrected chi connectivity index (χ1v) is 7.68. The predicted octanol–water partition coefficient (Wildman–Crippen LogP) is 1.18. The van der Waals surface area contributed by atoms with Gasteiger partial charge in [0, 0.05) is 12.6 Å². The molecule has 0 saturated carbocycles. The molecule has 1 atom stereocenters. The van der Waals surface area contributed by atoms with Crippen LogP contribution in [0, 0.1) is 0 Å². The number of thiophene rings is 1. The van der Waals surface area contributed by atoms with Crippen molar-refractivity contribution in [3.63, 3.8) is 0 Å². The minimum absolute atomic E-state index is 0.0168. The number of carbonyl (C=O) groups is 1.